The Hall–Kier alpha value is -3.03. The van der Waals surface area contributed by atoms with Crippen molar-refractivity contribution in [2.75, 3.05) is 16.4 Å². The van der Waals surface area contributed by atoms with E-state index in [0.717, 1.165) is 27.5 Å². The number of nitrogens with zero attached hydrogens (tertiary/aromatic N) is 3. The molecular formula is C24H19N3O2S2. The number of benzene rings is 3. The molecule has 0 aliphatic carbocycles. The lowest BCUT2D eigenvalue weighted by molar-refractivity contribution is -0.116. The van der Waals surface area contributed by atoms with Gasteiger partial charge in [-0.3, -0.25) is 4.79 Å². The minimum atomic E-state index is -0.0169. The zero-order chi connectivity index (χ0) is 21.0. The van der Waals surface area contributed by atoms with Gasteiger partial charge in [-0.1, -0.05) is 72.4 Å². The van der Waals surface area contributed by atoms with Crippen LogP contribution in [0, 0.1) is 0 Å². The fourth-order valence-corrected chi connectivity index (χ4v) is 5.37. The number of carbonyl (C=O) groups excluding carboxylic acids is 1. The number of rotatable bonds is 5. The van der Waals surface area contributed by atoms with Crippen molar-refractivity contribution >= 4 is 35.1 Å². The highest BCUT2D eigenvalue weighted by molar-refractivity contribution is 8.00. The zero-order valence-electron chi connectivity index (χ0n) is 16.5. The number of hydrogen-bond donors (Lipinski definition) is 0. The summed E-state index contributed by atoms with van der Waals surface area (Å²) < 4.78 is 5.75. The second-order valence-corrected chi connectivity index (χ2v) is 8.99. The molecule has 0 N–H and O–H groups in total. The molecular weight excluding hydrogens is 426 g/mol. The van der Waals surface area contributed by atoms with Crippen molar-refractivity contribution in [3.05, 3.63) is 90.5 Å². The predicted octanol–water partition coefficient (Wildman–Crippen LogP) is 5.71. The predicted molar refractivity (Wildman–Crippen MR) is 124 cm³/mol. The smallest absolute Gasteiger partial charge is 0.277 e. The standard InChI is InChI=1S/C24H19N3O2S2/c28-22(16-31-24-26-25-23(29-24)18-11-5-2-6-12-18)27-19-13-7-8-14-21(19)30-15-20(27)17-9-3-1-4-10-17/h1-14,20H,15-16H2/t20-/m1/s1. The molecule has 1 amide bonds. The third-order valence-corrected chi connectivity index (χ3v) is 6.97. The molecule has 4 aromatic rings. The Morgan fingerprint density at radius 2 is 1.68 bits per heavy atom. The van der Waals surface area contributed by atoms with Gasteiger partial charge in [-0.15, -0.1) is 22.0 Å². The van der Waals surface area contributed by atoms with Crippen LogP contribution in [0.4, 0.5) is 5.69 Å². The Morgan fingerprint density at radius 3 is 2.48 bits per heavy atom. The number of anilines is 1. The van der Waals surface area contributed by atoms with Crippen LogP contribution in [0.15, 0.2) is 99.5 Å². The van der Waals surface area contributed by atoms with Crippen molar-refractivity contribution in [1.29, 1.82) is 0 Å². The molecule has 0 saturated heterocycles. The molecule has 0 spiro atoms. The maximum absolute atomic E-state index is 13.4. The van der Waals surface area contributed by atoms with Crippen LogP contribution in [0.2, 0.25) is 0 Å². The Labute approximate surface area is 188 Å². The Bertz CT molecular complexity index is 1180. The minimum Gasteiger partial charge on any atom is -0.411 e. The summed E-state index contributed by atoms with van der Waals surface area (Å²) in [5, 5.41) is 8.60. The molecule has 154 valence electrons. The number of fused-ring (bicyclic) bond motifs is 1. The number of amides is 1. The third kappa shape index (κ3) is 4.24. The van der Waals surface area contributed by atoms with Crippen LogP contribution in [0.1, 0.15) is 11.6 Å². The van der Waals surface area contributed by atoms with E-state index in [9.17, 15) is 4.79 Å². The van der Waals surface area contributed by atoms with Crippen LogP contribution in [0.25, 0.3) is 11.5 Å². The van der Waals surface area contributed by atoms with E-state index in [4.69, 9.17) is 4.42 Å². The summed E-state index contributed by atoms with van der Waals surface area (Å²) in [6.07, 6.45) is 0. The second kappa shape index (κ2) is 8.99. The number of para-hydroxylation sites is 1. The third-order valence-electron chi connectivity index (χ3n) is 5.03. The summed E-state index contributed by atoms with van der Waals surface area (Å²) in [6.45, 7) is 0. The monoisotopic (exact) mass is 445 g/mol. The van der Waals surface area contributed by atoms with Crippen molar-refractivity contribution in [3.8, 4) is 11.5 Å². The molecule has 31 heavy (non-hydrogen) atoms. The summed E-state index contributed by atoms with van der Waals surface area (Å²) >= 11 is 3.06. The lowest BCUT2D eigenvalue weighted by Gasteiger charge is -2.37. The topological polar surface area (TPSA) is 59.2 Å². The van der Waals surface area contributed by atoms with Gasteiger partial charge in [0.25, 0.3) is 5.22 Å². The van der Waals surface area contributed by atoms with Crippen LogP contribution in [0.5, 0.6) is 0 Å². The van der Waals surface area contributed by atoms with Crippen LogP contribution in [0.3, 0.4) is 0 Å². The van der Waals surface area contributed by atoms with Crippen LogP contribution >= 0.6 is 23.5 Å². The van der Waals surface area contributed by atoms with Gasteiger partial charge in [0.15, 0.2) is 0 Å². The Morgan fingerprint density at radius 1 is 0.968 bits per heavy atom. The Kier molecular flexibility index (Phi) is 5.78. The first-order valence-electron chi connectivity index (χ1n) is 9.90. The van der Waals surface area contributed by atoms with Crippen LogP contribution < -0.4 is 4.90 Å². The average molecular weight is 446 g/mol. The van der Waals surface area contributed by atoms with E-state index in [-0.39, 0.29) is 17.7 Å². The average Bonchev–Trinajstić information content (AvgIpc) is 3.32. The lowest BCUT2D eigenvalue weighted by Crippen LogP contribution is -2.39. The molecule has 5 nitrogen and oxygen atoms in total. The molecule has 0 saturated carbocycles. The minimum absolute atomic E-state index is 0.0169. The maximum Gasteiger partial charge on any atom is 0.277 e. The van der Waals surface area contributed by atoms with Gasteiger partial charge >= 0.3 is 0 Å². The largest absolute Gasteiger partial charge is 0.411 e. The van der Waals surface area contributed by atoms with E-state index in [1.807, 2.05) is 71.6 Å². The van der Waals surface area contributed by atoms with Crippen molar-refractivity contribution in [1.82, 2.24) is 10.2 Å². The summed E-state index contributed by atoms with van der Waals surface area (Å²) in [4.78, 5) is 16.4. The van der Waals surface area contributed by atoms with Gasteiger partial charge in [-0.2, -0.15) is 0 Å². The molecule has 3 aromatic carbocycles. The van der Waals surface area contributed by atoms with Gasteiger partial charge in [0, 0.05) is 16.2 Å². The van der Waals surface area contributed by atoms with E-state index in [1.54, 1.807) is 11.8 Å². The van der Waals surface area contributed by atoms with Gasteiger partial charge in [-0.05, 0) is 29.8 Å². The second-order valence-electron chi connectivity index (χ2n) is 7.00. The van der Waals surface area contributed by atoms with E-state index in [0.29, 0.717) is 11.1 Å². The molecule has 0 fully saturated rings. The normalized spacial score (nSPS) is 15.5. The molecule has 7 heteroatoms. The van der Waals surface area contributed by atoms with Gasteiger partial charge in [0.1, 0.15) is 0 Å². The highest BCUT2D eigenvalue weighted by atomic mass is 32.2. The molecule has 5 rings (SSSR count). The number of carbonyl (C=O) groups is 1. The van der Waals surface area contributed by atoms with Crippen LogP contribution in [-0.4, -0.2) is 27.6 Å². The quantitative estimate of drug-likeness (QED) is 0.367. The van der Waals surface area contributed by atoms with E-state index in [2.05, 4.69) is 28.4 Å². The fourth-order valence-electron chi connectivity index (χ4n) is 3.58. The van der Waals surface area contributed by atoms with E-state index < -0.39 is 0 Å². The van der Waals surface area contributed by atoms with Gasteiger partial charge in [-0.25, -0.2) is 0 Å². The van der Waals surface area contributed by atoms with Crippen molar-refractivity contribution in [2.24, 2.45) is 0 Å². The molecule has 1 aliphatic heterocycles. The van der Waals surface area contributed by atoms with E-state index in [1.165, 1.54) is 11.8 Å². The van der Waals surface area contributed by atoms with Gasteiger partial charge in [0.05, 0.1) is 17.5 Å². The summed E-state index contributed by atoms with van der Waals surface area (Å²) in [5.41, 5.74) is 2.94. The molecule has 1 atom stereocenters. The molecule has 1 aliphatic rings. The van der Waals surface area contributed by atoms with Crippen LogP contribution in [-0.2, 0) is 4.79 Å². The molecule has 1 aromatic heterocycles. The summed E-state index contributed by atoms with van der Waals surface area (Å²) in [5.74, 6) is 1.51. The van der Waals surface area contributed by atoms with Crippen molar-refractivity contribution in [2.45, 2.75) is 16.2 Å². The number of hydrogen-bond acceptors (Lipinski definition) is 6. The highest BCUT2D eigenvalue weighted by Gasteiger charge is 2.32. The lowest BCUT2D eigenvalue weighted by atomic mass is 10.1. The maximum atomic E-state index is 13.4. The van der Waals surface area contributed by atoms with E-state index >= 15 is 0 Å². The SMILES string of the molecule is O=C(CSc1nnc(-c2ccccc2)o1)N1c2ccccc2SC[C@@H]1c1ccccc1. The molecule has 0 radical (unpaired) electrons. The van der Waals surface area contributed by atoms with Crippen molar-refractivity contribution in [3.63, 3.8) is 0 Å². The molecule has 2 heterocycles. The zero-order valence-corrected chi connectivity index (χ0v) is 18.2. The highest BCUT2D eigenvalue weighted by Crippen LogP contribution is 2.43. The first kappa shape index (κ1) is 19.9. The fraction of sp³-hybridized carbons (Fsp3) is 0.125. The van der Waals surface area contributed by atoms with Gasteiger partial charge in [0.2, 0.25) is 11.8 Å². The Balaban J connectivity index is 1.37. The summed E-state index contributed by atoms with van der Waals surface area (Å²) in [6, 6.07) is 27.9. The first-order chi connectivity index (χ1) is 15.3. The summed E-state index contributed by atoms with van der Waals surface area (Å²) in [7, 11) is 0. The number of thioether (sulfide) groups is 2. The van der Waals surface area contributed by atoms with Gasteiger partial charge < -0.3 is 9.32 Å². The number of aromatic nitrogens is 2. The molecule has 0 unspecified atom stereocenters. The molecule has 0 bridgehead atoms. The first-order valence-corrected chi connectivity index (χ1v) is 11.9. The van der Waals surface area contributed by atoms with Crippen molar-refractivity contribution < 1.29 is 9.21 Å².